The number of phenolic OH excluding ortho intramolecular Hbond substituents is 1. The summed E-state index contributed by atoms with van der Waals surface area (Å²) in [5.74, 6) is -5.16. The number of aromatic hydroxyl groups is 1. The summed E-state index contributed by atoms with van der Waals surface area (Å²) >= 11 is 1.10. The molecule has 51 heavy (non-hydrogen) atoms. The van der Waals surface area contributed by atoms with Gasteiger partial charge in [0.15, 0.2) is 0 Å². The lowest BCUT2D eigenvalue weighted by molar-refractivity contribution is -0.166. The molecule has 0 bridgehead atoms. The second kappa shape index (κ2) is 13.4. The molecule has 3 fully saturated rings. The fraction of sp³-hybridized carbons (Fsp3) is 0.353. The summed E-state index contributed by atoms with van der Waals surface area (Å²) < 4.78 is -0.976. The SMILES string of the molecule is CC(=O)N(C(=O)C1CCCN1)c1ccc(-c2ncc(C(=O)N(C(=O)C(N)c3ccc(O)cc3)[C@@H]3C(=O)N4[C@@H]3SC(C)(C)[C@@H]4C(=O)O)c(=O)[nH]2)cc1. The van der Waals surface area contributed by atoms with Crippen LogP contribution in [0.2, 0.25) is 0 Å². The minimum absolute atomic E-state index is 0.0308. The van der Waals surface area contributed by atoms with Gasteiger partial charge in [0.2, 0.25) is 5.91 Å². The average molecular weight is 718 g/mol. The van der Waals surface area contributed by atoms with Crippen LogP contribution in [0, 0.1) is 0 Å². The van der Waals surface area contributed by atoms with Crippen LogP contribution in [0.1, 0.15) is 55.6 Å². The van der Waals surface area contributed by atoms with Crippen molar-refractivity contribution in [1.29, 1.82) is 0 Å². The monoisotopic (exact) mass is 717 g/mol. The Kier molecular flexibility index (Phi) is 9.30. The molecule has 1 aromatic heterocycles. The lowest BCUT2D eigenvalue weighted by atomic mass is 9.94. The van der Waals surface area contributed by atoms with E-state index in [1.807, 2.05) is 0 Å². The zero-order chi connectivity index (χ0) is 36.9. The third-order valence-corrected chi connectivity index (χ3v) is 10.8. The molecular weight excluding hydrogens is 682 g/mol. The van der Waals surface area contributed by atoms with Gasteiger partial charge in [-0.05, 0) is 75.2 Å². The molecule has 4 heterocycles. The molecule has 5 atom stereocenters. The Bertz CT molecular complexity index is 1990. The Balaban J connectivity index is 1.31. The van der Waals surface area contributed by atoms with Crippen molar-refractivity contribution < 1.29 is 39.0 Å². The number of nitrogens with one attached hydrogen (secondary N) is 2. The number of aliphatic carboxylic acids is 1. The molecular formula is C34H35N7O9S. The zero-order valence-corrected chi connectivity index (χ0v) is 28.5. The normalized spacial score (nSPS) is 22.4. The molecule has 0 spiro atoms. The molecule has 2 aromatic carbocycles. The van der Waals surface area contributed by atoms with Crippen LogP contribution in [-0.4, -0.2) is 100 Å². The van der Waals surface area contributed by atoms with Gasteiger partial charge in [0, 0.05) is 23.4 Å². The van der Waals surface area contributed by atoms with E-state index in [0.29, 0.717) is 29.1 Å². The number of thioether (sulfide) groups is 1. The van der Waals surface area contributed by atoms with Gasteiger partial charge in [-0.2, -0.15) is 0 Å². The highest BCUT2D eigenvalue weighted by Gasteiger charge is 2.67. The van der Waals surface area contributed by atoms with Crippen molar-refractivity contribution in [3.8, 4) is 17.1 Å². The van der Waals surface area contributed by atoms with Gasteiger partial charge < -0.3 is 31.1 Å². The van der Waals surface area contributed by atoms with E-state index in [0.717, 1.165) is 34.2 Å². The Morgan fingerprint density at radius 1 is 1.06 bits per heavy atom. The number of aromatic nitrogens is 2. The first-order valence-electron chi connectivity index (χ1n) is 16.0. The first-order valence-corrected chi connectivity index (χ1v) is 16.9. The van der Waals surface area contributed by atoms with Crippen LogP contribution in [0.5, 0.6) is 5.75 Å². The van der Waals surface area contributed by atoms with Crippen LogP contribution < -0.4 is 21.5 Å². The van der Waals surface area contributed by atoms with Crippen LogP contribution in [-0.2, 0) is 24.0 Å². The first-order chi connectivity index (χ1) is 24.1. The Labute approximate surface area is 295 Å². The van der Waals surface area contributed by atoms with Crippen molar-refractivity contribution in [3.63, 3.8) is 0 Å². The minimum Gasteiger partial charge on any atom is -0.508 e. The maximum Gasteiger partial charge on any atom is 0.327 e. The topological polar surface area (TPSA) is 236 Å². The predicted octanol–water partition coefficient (Wildman–Crippen LogP) is 0.958. The fourth-order valence-corrected chi connectivity index (χ4v) is 8.35. The van der Waals surface area contributed by atoms with Gasteiger partial charge in [-0.15, -0.1) is 11.8 Å². The number of β-lactam (4-membered cyclic amide) rings is 1. The number of carboxylic acids is 1. The number of amides is 5. The van der Waals surface area contributed by atoms with Crippen LogP contribution in [0.3, 0.4) is 0 Å². The third-order valence-electron chi connectivity index (χ3n) is 9.22. The fourth-order valence-electron chi connectivity index (χ4n) is 6.68. The number of carbonyl (C=O) groups excluding carboxylic acids is 5. The number of phenols is 1. The largest absolute Gasteiger partial charge is 0.508 e. The van der Waals surface area contributed by atoms with Gasteiger partial charge in [0.05, 0.1) is 11.7 Å². The van der Waals surface area contributed by atoms with E-state index in [1.54, 1.807) is 13.8 Å². The van der Waals surface area contributed by atoms with E-state index in [2.05, 4.69) is 15.3 Å². The number of hydrogen-bond acceptors (Lipinski definition) is 12. The molecule has 17 heteroatoms. The number of benzene rings is 2. The van der Waals surface area contributed by atoms with Crippen LogP contribution in [0.15, 0.2) is 59.5 Å². The summed E-state index contributed by atoms with van der Waals surface area (Å²) in [5, 5.41) is 21.7. The molecule has 3 aliphatic heterocycles. The number of H-pyrrole nitrogens is 1. The molecule has 2 unspecified atom stereocenters. The molecule has 16 nitrogen and oxygen atoms in total. The third kappa shape index (κ3) is 6.28. The number of rotatable bonds is 8. The van der Waals surface area contributed by atoms with E-state index in [1.165, 1.54) is 55.5 Å². The molecule has 3 saturated heterocycles. The summed E-state index contributed by atoms with van der Waals surface area (Å²) in [6.45, 7) is 5.23. The maximum atomic E-state index is 14.1. The Morgan fingerprint density at radius 3 is 2.29 bits per heavy atom. The number of aromatic amines is 1. The van der Waals surface area contributed by atoms with E-state index >= 15 is 0 Å². The average Bonchev–Trinajstić information content (AvgIpc) is 3.71. The molecule has 5 amide bonds. The molecule has 3 aliphatic rings. The highest BCUT2D eigenvalue weighted by Crippen LogP contribution is 2.52. The van der Waals surface area contributed by atoms with Gasteiger partial charge in [0.1, 0.15) is 40.6 Å². The van der Waals surface area contributed by atoms with Crippen molar-refractivity contribution in [2.24, 2.45) is 5.73 Å². The van der Waals surface area contributed by atoms with Gasteiger partial charge in [-0.1, -0.05) is 12.1 Å². The van der Waals surface area contributed by atoms with Crippen molar-refractivity contribution in [1.82, 2.24) is 25.1 Å². The van der Waals surface area contributed by atoms with E-state index in [4.69, 9.17) is 5.73 Å². The quantitative estimate of drug-likeness (QED) is 0.205. The summed E-state index contributed by atoms with van der Waals surface area (Å²) in [7, 11) is 0. The number of nitrogens with zero attached hydrogens (tertiary/aromatic N) is 4. The molecule has 0 saturated carbocycles. The van der Waals surface area contributed by atoms with Crippen LogP contribution >= 0.6 is 11.8 Å². The van der Waals surface area contributed by atoms with E-state index < -0.39 is 75.0 Å². The summed E-state index contributed by atoms with van der Waals surface area (Å²) in [6.07, 6.45) is 2.38. The predicted molar refractivity (Wildman–Crippen MR) is 183 cm³/mol. The van der Waals surface area contributed by atoms with Crippen molar-refractivity contribution in [2.75, 3.05) is 11.4 Å². The standard InChI is InChI=1S/C34H35N7O9S/c1-16(42)39(29(46)22-5-4-14-36-22)19-10-6-18(7-11-19)26-37-15-21(27(44)38-26)28(45)40(30(47)23(35)17-8-12-20(43)13-9-17)24-31(48)41-25(33(49)50)34(2,3)51-32(24)41/h6-13,15,22-25,32,36,43H,4-5,14,35H2,1-3H3,(H,49,50)(H,37,38,44)/t22?,23?,24-,25+,32-/m1/s1. The summed E-state index contributed by atoms with van der Waals surface area (Å²) in [5.41, 5.74) is 5.65. The smallest absolute Gasteiger partial charge is 0.327 e. The molecule has 0 aliphatic carbocycles. The van der Waals surface area contributed by atoms with Gasteiger partial charge in [-0.25, -0.2) is 14.7 Å². The zero-order valence-electron chi connectivity index (χ0n) is 27.7. The molecule has 0 radical (unpaired) electrons. The van der Waals surface area contributed by atoms with Crippen LogP contribution in [0.25, 0.3) is 11.4 Å². The van der Waals surface area contributed by atoms with Crippen LogP contribution in [0.4, 0.5) is 5.69 Å². The number of fused-ring (bicyclic) bond motifs is 1. The lowest BCUT2D eigenvalue weighted by Crippen LogP contribution is -2.72. The summed E-state index contributed by atoms with van der Waals surface area (Å²) in [4.78, 5) is 102. The summed E-state index contributed by atoms with van der Waals surface area (Å²) in [6, 6.07) is 6.75. The second-order valence-corrected chi connectivity index (χ2v) is 14.8. The molecule has 6 rings (SSSR count). The lowest BCUT2D eigenvalue weighted by Gasteiger charge is -2.47. The molecule has 266 valence electrons. The van der Waals surface area contributed by atoms with Crippen molar-refractivity contribution in [2.45, 2.75) is 67.9 Å². The Hall–Kier alpha value is -5.39. The van der Waals surface area contributed by atoms with E-state index in [-0.39, 0.29) is 23.0 Å². The van der Waals surface area contributed by atoms with Gasteiger partial charge in [0.25, 0.3) is 29.2 Å². The molecule has 6 N–H and O–H groups in total. The minimum atomic E-state index is -1.50. The first kappa shape index (κ1) is 35.4. The second-order valence-electron chi connectivity index (χ2n) is 13.0. The van der Waals surface area contributed by atoms with Gasteiger partial charge >= 0.3 is 5.97 Å². The number of hydrogen-bond donors (Lipinski definition) is 5. The maximum absolute atomic E-state index is 14.1. The van der Waals surface area contributed by atoms with Crippen molar-refractivity contribution in [3.05, 3.63) is 76.2 Å². The van der Waals surface area contributed by atoms with E-state index in [9.17, 15) is 43.8 Å². The number of imide groups is 2. The van der Waals surface area contributed by atoms with Crippen molar-refractivity contribution >= 4 is 53.0 Å². The number of carboxylic acid groups (broad SMARTS) is 1. The number of nitrogens with two attached hydrogens (primary N) is 1. The number of anilines is 1. The Morgan fingerprint density at radius 2 is 1.73 bits per heavy atom. The highest BCUT2D eigenvalue weighted by atomic mass is 32.2. The highest BCUT2D eigenvalue weighted by molar-refractivity contribution is 8.01. The number of carbonyl (C=O) groups is 6. The van der Waals surface area contributed by atoms with Gasteiger partial charge in [-0.3, -0.25) is 33.7 Å². The molecule has 3 aromatic rings.